The number of fused-ring (bicyclic) bond motifs is 1. The van der Waals surface area contributed by atoms with Gasteiger partial charge in [-0.1, -0.05) is 18.2 Å². The molecule has 3 aromatic rings. The number of hydrogen-bond acceptors (Lipinski definition) is 5. The van der Waals surface area contributed by atoms with Crippen LogP contribution in [0.1, 0.15) is 28.5 Å². The standard InChI is InChI=1S/C23H26N4O3S/c1-15-7-8-16(2)18(12-15)27-21(28)19-13-17(20-6-5-11-31-20)25-26(19)14-23(27,3)22(29)24-9-10-30-4/h5-8,11-13H,9-10,14H2,1-4H3,(H,24,29)/t23-/m0/s1. The van der Waals surface area contributed by atoms with Crippen LogP contribution < -0.4 is 10.2 Å². The lowest BCUT2D eigenvalue weighted by Crippen LogP contribution is -2.65. The molecule has 0 fully saturated rings. The highest BCUT2D eigenvalue weighted by atomic mass is 32.1. The fourth-order valence-electron chi connectivity index (χ4n) is 3.92. The Kier molecular flexibility index (Phi) is 5.68. The molecule has 0 unspecified atom stereocenters. The summed E-state index contributed by atoms with van der Waals surface area (Å²) in [5.74, 6) is -0.475. The fraction of sp³-hybridized carbons (Fsp3) is 0.348. The van der Waals surface area contributed by atoms with Crippen molar-refractivity contribution in [1.82, 2.24) is 15.1 Å². The Balaban J connectivity index is 1.82. The average molecular weight is 439 g/mol. The maximum absolute atomic E-state index is 13.8. The molecule has 0 aliphatic carbocycles. The van der Waals surface area contributed by atoms with Crippen molar-refractivity contribution in [3.8, 4) is 10.6 Å². The van der Waals surface area contributed by atoms with Crippen molar-refractivity contribution in [2.45, 2.75) is 32.9 Å². The Hall–Kier alpha value is -2.97. The quantitative estimate of drug-likeness (QED) is 0.599. The molecule has 1 aliphatic rings. The third-order valence-electron chi connectivity index (χ3n) is 5.61. The molecule has 3 heterocycles. The summed E-state index contributed by atoms with van der Waals surface area (Å²) in [6.07, 6.45) is 0. The fourth-order valence-corrected chi connectivity index (χ4v) is 4.60. The molecule has 0 spiro atoms. The molecule has 0 radical (unpaired) electrons. The van der Waals surface area contributed by atoms with Crippen LogP contribution in [-0.2, 0) is 16.1 Å². The van der Waals surface area contributed by atoms with Gasteiger partial charge in [0, 0.05) is 19.3 Å². The van der Waals surface area contributed by atoms with Gasteiger partial charge in [0.25, 0.3) is 5.91 Å². The first-order valence-corrected chi connectivity index (χ1v) is 11.0. The zero-order chi connectivity index (χ0) is 22.2. The average Bonchev–Trinajstić information content (AvgIpc) is 3.40. The highest BCUT2D eigenvalue weighted by Gasteiger charge is 2.49. The Morgan fingerprint density at radius 1 is 1.29 bits per heavy atom. The van der Waals surface area contributed by atoms with Crippen LogP contribution in [0.4, 0.5) is 5.69 Å². The van der Waals surface area contributed by atoms with E-state index in [1.54, 1.807) is 35.0 Å². The van der Waals surface area contributed by atoms with Gasteiger partial charge in [-0.3, -0.25) is 19.2 Å². The highest BCUT2D eigenvalue weighted by Crippen LogP contribution is 2.36. The molecule has 0 saturated carbocycles. The maximum atomic E-state index is 13.8. The predicted octanol–water partition coefficient (Wildman–Crippen LogP) is 3.41. The zero-order valence-electron chi connectivity index (χ0n) is 18.1. The minimum absolute atomic E-state index is 0.236. The molecule has 1 aromatic carbocycles. The first kappa shape index (κ1) is 21.3. The van der Waals surface area contributed by atoms with E-state index in [9.17, 15) is 9.59 Å². The van der Waals surface area contributed by atoms with Crippen LogP contribution in [0.25, 0.3) is 10.6 Å². The molecule has 2 aromatic heterocycles. The molecule has 4 rings (SSSR count). The van der Waals surface area contributed by atoms with Gasteiger partial charge in [-0.2, -0.15) is 5.10 Å². The maximum Gasteiger partial charge on any atom is 0.277 e. The van der Waals surface area contributed by atoms with E-state index in [4.69, 9.17) is 4.74 Å². The summed E-state index contributed by atoms with van der Waals surface area (Å²) >= 11 is 1.57. The molecule has 31 heavy (non-hydrogen) atoms. The number of nitrogens with one attached hydrogen (secondary N) is 1. The number of thiophene rings is 1. The van der Waals surface area contributed by atoms with E-state index in [2.05, 4.69) is 10.4 Å². The summed E-state index contributed by atoms with van der Waals surface area (Å²) in [6, 6.07) is 11.7. The largest absolute Gasteiger partial charge is 0.383 e. The first-order valence-electron chi connectivity index (χ1n) is 10.2. The summed E-state index contributed by atoms with van der Waals surface area (Å²) in [6.45, 7) is 6.75. The molecule has 162 valence electrons. The van der Waals surface area contributed by atoms with Crippen LogP contribution in [-0.4, -0.2) is 47.4 Å². The van der Waals surface area contributed by atoms with Crippen LogP contribution in [0.15, 0.2) is 41.8 Å². The van der Waals surface area contributed by atoms with Crippen molar-refractivity contribution in [3.05, 3.63) is 58.6 Å². The molecular formula is C23H26N4O3S. The van der Waals surface area contributed by atoms with E-state index >= 15 is 0 Å². The van der Waals surface area contributed by atoms with Crippen LogP contribution in [0.2, 0.25) is 0 Å². The van der Waals surface area contributed by atoms with Crippen molar-refractivity contribution >= 4 is 28.8 Å². The number of aromatic nitrogens is 2. The summed E-state index contributed by atoms with van der Waals surface area (Å²) in [5.41, 5.74) is 2.76. The number of ether oxygens (including phenoxy) is 1. The minimum Gasteiger partial charge on any atom is -0.383 e. The van der Waals surface area contributed by atoms with E-state index in [1.165, 1.54) is 0 Å². The number of methoxy groups -OCH3 is 1. The number of carbonyl (C=O) groups excluding carboxylic acids is 2. The number of carbonyl (C=O) groups is 2. The monoisotopic (exact) mass is 438 g/mol. The van der Waals surface area contributed by atoms with E-state index in [0.717, 1.165) is 27.4 Å². The number of amides is 2. The number of aryl methyl sites for hydroxylation is 2. The second kappa shape index (κ2) is 8.28. The van der Waals surface area contributed by atoms with Gasteiger partial charge in [-0.25, -0.2) is 0 Å². The molecule has 1 N–H and O–H groups in total. The third-order valence-corrected chi connectivity index (χ3v) is 6.51. The number of rotatable bonds is 6. The second-order valence-electron chi connectivity index (χ2n) is 8.00. The zero-order valence-corrected chi connectivity index (χ0v) is 19.0. The third kappa shape index (κ3) is 3.77. The van der Waals surface area contributed by atoms with Crippen LogP contribution in [0, 0.1) is 13.8 Å². The highest BCUT2D eigenvalue weighted by molar-refractivity contribution is 7.13. The van der Waals surface area contributed by atoms with Crippen LogP contribution in [0.3, 0.4) is 0 Å². The molecule has 8 heteroatoms. The van der Waals surface area contributed by atoms with Crippen molar-refractivity contribution in [2.75, 3.05) is 25.2 Å². The minimum atomic E-state index is -1.14. The van der Waals surface area contributed by atoms with Gasteiger partial charge in [-0.05, 0) is 55.5 Å². The Bertz CT molecular complexity index is 1120. The predicted molar refractivity (Wildman–Crippen MR) is 122 cm³/mol. The number of anilines is 1. The van der Waals surface area contributed by atoms with Gasteiger partial charge in [0.15, 0.2) is 0 Å². The van der Waals surface area contributed by atoms with Crippen molar-refractivity contribution < 1.29 is 14.3 Å². The molecule has 1 aliphatic heterocycles. The van der Waals surface area contributed by atoms with Gasteiger partial charge < -0.3 is 10.1 Å². The van der Waals surface area contributed by atoms with Gasteiger partial charge in [0.05, 0.1) is 18.0 Å². The molecule has 7 nitrogen and oxygen atoms in total. The van der Waals surface area contributed by atoms with Crippen molar-refractivity contribution in [1.29, 1.82) is 0 Å². The molecule has 2 amide bonds. The van der Waals surface area contributed by atoms with Crippen LogP contribution >= 0.6 is 11.3 Å². The Morgan fingerprint density at radius 3 is 2.81 bits per heavy atom. The topological polar surface area (TPSA) is 76.5 Å². The van der Waals surface area contributed by atoms with Crippen molar-refractivity contribution in [2.24, 2.45) is 0 Å². The van der Waals surface area contributed by atoms with Gasteiger partial charge in [-0.15, -0.1) is 11.3 Å². The molecule has 0 bridgehead atoms. The Labute approximate surface area is 185 Å². The lowest BCUT2D eigenvalue weighted by atomic mass is 9.92. The lowest BCUT2D eigenvalue weighted by Gasteiger charge is -2.43. The summed E-state index contributed by atoms with van der Waals surface area (Å²) in [4.78, 5) is 29.8. The van der Waals surface area contributed by atoms with Gasteiger partial charge in [0.1, 0.15) is 16.9 Å². The van der Waals surface area contributed by atoms with E-state index in [1.807, 2.05) is 55.6 Å². The van der Waals surface area contributed by atoms with Crippen molar-refractivity contribution in [3.63, 3.8) is 0 Å². The lowest BCUT2D eigenvalue weighted by molar-refractivity contribution is -0.126. The summed E-state index contributed by atoms with van der Waals surface area (Å²) in [5, 5.41) is 9.55. The normalized spacial score (nSPS) is 18.2. The van der Waals surface area contributed by atoms with E-state index < -0.39 is 5.54 Å². The SMILES string of the molecule is COCCNC(=O)[C@]1(C)Cn2nc(-c3cccs3)cc2C(=O)N1c1cc(C)ccc1C. The van der Waals surface area contributed by atoms with E-state index in [-0.39, 0.29) is 18.4 Å². The second-order valence-corrected chi connectivity index (χ2v) is 8.95. The number of hydrogen-bond donors (Lipinski definition) is 1. The Morgan fingerprint density at radius 2 is 2.10 bits per heavy atom. The summed E-state index contributed by atoms with van der Waals surface area (Å²) < 4.78 is 6.73. The van der Waals surface area contributed by atoms with Crippen LogP contribution in [0.5, 0.6) is 0 Å². The smallest absolute Gasteiger partial charge is 0.277 e. The molecule has 0 saturated heterocycles. The number of benzene rings is 1. The molecule has 1 atom stereocenters. The van der Waals surface area contributed by atoms with Gasteiger partial charge in [0.2, 0.25) is 5.91 Å². The van der Waals surface area contributed by atoms with Gasteiger partial charge >= 0.3 is 0 Å². The first-order chi connectivity index (χ1) is 14.8. The number of nitrogens with zero attached hydrogens (tertiary/aromatic N) is 3. The van der Waals surface area contributed by atoms with E-state index in [0.29, 0.717) is 18.8 Å². The molecular weight excluding hydrogens is 412 g/mol. The summed E-state index contributed by atoms with van der Waals surface area (Å²) in [7, 11) is 1.59.